The van der Waals surface area contributed by atoms with Gasteiger partial charge in [-0.2, -0.15) is 13.4 Å². The average Bonchev–Trinajstić information content (AvgIpc) is 2.63. The molecular weight excluding hydrogens is 424 g/mol. The van der Waals surface area contributed by atoms with Gasteiger partial charge in [-0.1, -0.05) is 18.2 Å². The van der Waals surface area contributed by atoms with Crippen molar-refractivity contribution in [3.05, 3.63) is 64.6 Å². The molecule has 0 bridgehead atoms. The fourth-order valence-electron chi connectivity index (χ4n) is 2.42. The Morgan fingerprint density at radius 3 is 2.62 bits per heavy atom. The Labute approximate surface area is 169 Å². The third-order valence-corrected chi connectivity index (χ3v) is 4.26. The summed E-state index contributed by atoms with van der Waals surface area (Å²) in [6.45, 7) is 3.38. The number of nitrogens with zero attached hydrogens (tertiary/aromatic N) is 1. The van der Waals surface area contributed by atoms with Crippen molar-refractivity contribution in [3.8, 4) is 5.75 Å². The first kappa shape index (κ1) is 20.3. The molecule has 0 atom stereocenters. The smallest absolute Gasteiger partial charge is 0.360 e. The lowest BCUT2D eigenvalue weighted by atomic mass is 10.2. The first-order valence-corrected chi connectivity index (χ1v) is 9.60. The molecule has 3 aromatic rings. The van der Waals surface area contributed by atoms with E-state index in [2.05, 4.69) is 31.4 Å². The quantitative estimate of drug-likeness (QED) is 0.340. The lowest BCUT2D eigenvalue weighted by Crippen LogP contribution is -2.13. The van der Waals surface area contributed by atoms with Crippen molar-refractivity contribution in [2.45, 2.75) is 0 Å². The molecule has 1 amide bonds. The Balaban J connectivity index is 1.99. The number of aromatic nitrogens is 2. The molecule has 0 fully saturated rings. The highest BCUT2D eigenvalue weighted by atomic mass is 35.5. The number of halogens is 1. The van der Waals surface area contributed by atoms with Gasteiger partial charge in [0.2, 0.25) is 5.91 Å². The number of fused-ring (bicyclic) bond motifs is 1. The fourth-order valence-corrected chi connectivity index (χ4v) is 3.05. The number of nitrogens with one attached hydrogen (secondary N) is 3. The Morgan fingerprint density at radius 1 is 1.24 bits per heavy atom. The van der Waals surface area contributed by atoms with Crippen LogP contribution in [0, 0.1) is 0 Å². The maximum atomic E-state index is 11.9. The van der Waals surface area contributed by atoms with Gasteiger partial charge in [-0.25, -0.2) is 4.79 Å². The minimum atomic E-state index is -4.73. The normalized spacial score (nSPS) is 11.1. The molecule has 0 aliphatic rings. The van der Waals surface area contributed by atoms with Gasteiger partial charge in [-0.05, 0) is 42.5 Å². The SMILES string of the molecule is C=CC(=O)Nc1ccc2[nH]c(=O)nc(Nc3ccc(OS(=O)(=O)O)c(Cl)c3)c2c1. The number of anilines is 3. The van der Waals surface area contributed by atoms with Gasteiger partial charge < -0.3 is 19.8 Å². The summed E-state index contributed by atoms with van der Waals surface area (Å²) in [5.74, 6) is -0.520. The molecule has 12 heteroatoms. The van der Waals surface area contributed by atoms with E-state index in [0.717, 1.165) is 6.08 Å². The molecule has 0 aliphatic heterocycles. The largest absolute Gasteiger partial charge is 0.446 e. The fraction of sp³-hybridized carbons (Fsp3) is 0. The van der Waals surface area contributed by atoms with E-state index in [1.54, 1.807) is 18.2 Å². The standard InChI is InChI=1S/C17H13ClN4O6S/c1-2-15(23)19-9-3-5-13-11(7-9)16(22-17(24)21-13)20-10-4-6-14(12(18)8-10)28-29(25,26)27/h2-8H,1H2,(H,19,23)(H,25,26,27)(H2,20,21,22,24). The Morgan fingerprint density at radius 2 is 1.97 bits per heavy atom. The van der Waals surface area contributed by atoms with Gasteiger partial charge >= 0.3 is 16.1 Å². The number of rotatable bonds is 6. The third kappa shape index (κ3) is 5.10. The molecule has 1 heterocycles. The van der Waals surface area contributed by atoms with Crippen LogP contribution < -0.4 is 20.5 Å². The van der Waals surface area contributed by atoms with E-state index in [-0.39, 0.29) is 16.6 Å². The second-order valence-corrected chi connectivity index (χ2v) is 7.05. The van der Waals surface area contributed by atoms with E-state index in [1.807, 2.05) is 0 Å². The number of carbonyl (C=O) groups excluding carboxylic acids is 1. The highest BCUT2D eigenvalue weighted by molar-refractivity contribution is 7.81. The minimum absolute atomic E-state index is 0.110. The van der Waals surface area contributed by atoms with Crippen molar-refractivity contribution in [2.75, 3.05) is 10.6 Å². The van der Waals surface area contributed by atoms with Gasteiger partial charge in [0.25, 0.3) is 0 Å². The Bertz CT molecular complexity index is 1290. The molecule has 29 heavy (non-hydrogen) atoms. The van der Waals surface area contributed by atoms with Crippen molar-refractivity contribution >= 4 is 56.0 Å². The van der Waals surface area contributed by atoms with Gasteiger partial charge in [0.05, 0.1) is 10.5 Å². The number of carbonyl (C=O) groups is 1. The average molecular weight is 437 g/mol. The van der Waals surface area contributed by atoms with Crippen LogP contribution in [0.3, 0.4) is 0 Å². The van der Waals surface area contributed by atoms with E-state index in [9.17, 15) is 18.0 Å². The van der Waals surface area contributed by atoms with Crippen molar-refractivity contribution in [1.29, 1.82) is 0 Å². The number of benzene rings is 2. The van der Waals surface area contributed by atoms with E-state index < -0.39 is 22.0 Å². The molecule has 10 nitrogen and oxygen atoms in total. The first-order valence-electron chi connectivity index (χ1n) is 7.85. The van der Waals surface area contributed by atoms with Crippen LogP contribution in [0.2, 0.25) is 5.02 Å². The van der Waals surface area contributed by atoms with E-state index in [4.69, 9.17) is 16.2 Å². The molecule has 0 radical (unpaired) electrons. The number of amides is 1. The van der Waals surface area contributed by atoms with Crippen LogP contribution in [0.1, 0.15) is 0 Å². The molecular formula is C17H13ClN4O6S. The van der Waals surface area contributed by atoms with Crippen LogP contribution in [-0.4, -0.2) is 28.8 Å². The topological polar surface area (TPSA) is 150 Å². The van der Waals surface area contributed by atoms with Gasteiger partial charge in [0.1, 0.15) is 5.82 Å². The summed E-state index contributed by atoms with van der Waals surface area (Å²) in [6.07, 6.45) is 1.12. The summed E-state index contributed by atoms with van der Waals surface area (Å²) in [7, 11) is -4.73. The third-order valence-electron chi connectivity index (χ3n) is 3.57. The second kappa shape index (κ2) is 7.91. The van der Waals surface area contributed by atoms with Crippen LogP contribution in [0.4, 0.5) is 17.2 Å². The molecule has 4 N–H and O–H groups in total. The summed E-state index contributed by atoms with van der Waals surface area (Å²) in [5.41, 5.74) is 0.661. The molecule has 0 saturated heterocycles. The highest BCUT2D eigenvalue weighted by Crippen LogP contribution is 2.31. The van der Waals surface area contributed by atoms with Crippen molar-refractivity contribution in [1.82, 2.24) is 9.97 Å². The molecule has 0 unspecified atom stereocenters. The number of aromatic amines is 1. The molecule has 2 aromatic carbocycles. The second-order valence-electron chi connectivity index (χ2n) is 5.63. The van der Waals surface area contributed by atoms with Crippen molar-refractivity contribution in [3.63, 3.8) is 0 Å². The predicted molar refractivity (Wildman–Crippen MR) is 108 cm³/mol. The molecule has 0 aliphatic carbocycles. The monoisotopic (exact) mass is 436 g/mol. The lowest BCUT2D eigenvalue weighted by Gasteiger charge is -2.11. The van der Waals surface area contributed by atoms with E-state index in [1.165, 1.54) is 18.2 Å². The molecule has 0 spiro atoms. The Kier molecular flexibility index (Phi) is 5.55. The van der Waals surface area contributed by atoms with E-state index >= 15 is 0 Å². The van der Waals surface area contributed by atoms with E-state index in [0.29, 0.717) is 22.3 Å². The first-order chi connectivity index (χ1) is 13.6. The highest BCUT2D eigenvalue weighted by Gasteiger charge is 2.13. The van der Waals surface area contributed by atoms with Crippen LogP contribution in [0.25, 0.3) is 10.9 Å². The summed E-state index contributed by atoms with van der Waals surface area (Å²) in [6, 6.07) is 8.73. The van der Waals surface area contributed by atoms with Crippen molar-refractivity contribution in [2.24, 2.45) is 0 Å². The molecule has 0 saturated carbocycles. The maximum Gasteiger partial charge on any atom is 0.446 e. The van der Waals surface area contributed by atoms with Crippen LogP contribution in [0.5, 0.6) is 5.75 Å². The number of H-pyrrole nitrogens is 1. The van der Waals surface area contributed by atoms with Gasteiger partial charge in [-0.15, -0.1) is 0 Å². The molecule has 1 aromatic heterocycles. The van der Waals surface area contributed by atoms with Gasteiger partial charge in [-0.3, -0.25) is 9.35 Å². The lowest BCUT2D eigenvalue weighted by molar-refractivity contribution is -0.111. The predicted octanol–water partition coefficient (Wildman–Crippen LogP) is 2.63. The number of hydrogen-bond donors (Lipinski definition) is 4. The van der Waals surface area contributed by atoms with Gasteiger partial charge in [0.15, 0.2) is 5.75 Å². The van der Waals surface area contributed by atoms with Crippen LogP contribution >= 0.6 is 11.6 Å². The van der Waals surface area contributed by atoms with Crippen LogP contribution in [-0.2, 0) is 15.2 Å². The summed E-state index contributed by atoms with van der Waals surface area (Å²) in [5, 5.41) is 5.88. The van der Waals surface area contributed by atoms with Gasteiger partial charge in [0, 0.05) is 16.8 Å². The molecule has 3 rings (SSSR count). The zero-order valence-electron chi connectivity index (χ0n) is 14.5. The maximum absolute atomic E-state index is 11.9. The van der Waals surface area contributed by atoms with Crippen LogP contribution in [0.15, 0.2) is 53.8 Å². The zero-order valence-corrected chi connectivity index (χ0v) is 16.0. The van der Waals surface area contributed by atoms with Crippen molar-refractivity contribution < 1.29 is 21.9 Å². The molecule has 150 valence electrons. The Hall–Kier alpha value is -3.41. The summed E-state index contributed by atoms with van der Waals surface area (Å²) < 4.78 is 34.7. The summed E-state index contributed by atoms with van der Waals surface area (Å²) >= 11 is 5.96. The zero-order chi connectivity index (χ0) is 21.2. The summed E-state index contributed by atoms with van der Waals surface area (Å²) in [4.78, 5) is 29.8. The minimum Gasteiger partial charge on any atom is -0.360 e. The number of hydrogen-bond acceptors (Lipinski definition) is 7.